The Kier molecular flexibility index (Phi) is 3.10. The van der Waals surface area contributed by atoms with Crippen LogP contribution >= 0.6 is 0 Å². The SMILES string of the molecule is CO/C=C(\C)c1ccccc1C#N. The molecule has 66 valence electrons. The van der Waals surface area contributed by atoms with Crippen LogP contribution in [0.1, 0.15) is 18.1 Å². The smallest absolute Gasteiger partial charge is 0.0998 e. The van der Waals surface area contributed by atoms with Gasteiger partial charge in [-0.1, -0.05) is 18.2 Å². The number of rotatable bonds is 2. The Bertz CT molecular complexity index is 361. The number of allylic oxidation sites excluding steroid dienone is 1. The van der Waals surface area contributed by atoms with Crippen molar-refractivity contribution in [2.24, 2.45) is 0 Å². The van der Waals surface area contributed by atoms with Gasteiger partial charge in [0.2, 0.25) is 0 Å². The molecule has 0 aromatic heterocycles. The summed E-state index contributed by atoms with van der Waals surface area (Å²) in [6, 6.07) is 9.59. The van der Waals surface area contributed by atoms with Crippen LogP contribution in [0.3, 0.4) is 0 Å². The monoisotopic (exact) mass is 173 g/mol. The second-order valence-corrected chi connectivity index (χ2v) is 2.69. The minimum Gasteiger partial charge on any atom is -0.504 e. The summed E-state index contributed by atoms with van der Waals surface area (Å²) in [5.74, 6) is 0. The van der Waals surface area contributed by atoms with Crippen molar-refractivity contribution in [3.8, 4) is 6.07 Å². The van der Waals surface area contributed by atoms with Crippen LogP contribution in [0.25, 0.3) is 5.57 Å². The summed E-state index contributed by atoms with van der Waals surface area (Å²) >= 11 is 0. The fraction of sp³-hybridized carbons (Fsp3) is 0.182. The second-order valence-electron chi connectivity index (χ2n) is 2.69. The average molecular weight is 173 g/mol. The Labute approximate surface area is 78.1 Å². The van der Waals surface area contributed by atoms with Gasteiger partial charge in [0.05, 0.1) is 25.0 Å². The molecule has 13 heavy (non-hydrogen) atoms. The molecule has 0 heterocycles. The maximum Gasteiger partial charge on any atom is 0.0998 e. The van der Waals surface area contributed by atoms with Gasteiger partial charge in [0.25, 0.3) is 0 Å². The van der Waals surface area contributed by atoms with Crippen molar-refractivity contribution < 1.29 is 4.74 Å². The molecule has 0 atom stereocenters. The zero-order valence-corrected chi connectivity index (χ0v) is 7.74. The van der Waals surface area contributed by atoms with Crippen molar-refractivity contribution in [1.29, 1.82) is 5.26 Å². The fourth-order valence-corrected chi connectivity index (χ4v) is 1.16. The van der Waals surface area contributed by atoms with Crippen LogP contribution in [0.5, 0.6) is 0 Å². The topological polar surface area (TPSA) is 33.0 Å². The van der Waals surface area contributed by atoms with Gasteiger partial charge < -0.3 is 4.74 Å². The van der Waals surface area contributed by atoms with Gasteiger partial charge in [-0.3, -0.25) is 0 Å². The van der Waals surface area contributed by atoms with Crippen LogP contribution in [0.4, 0.5) is 0 Å². The van der Waals surface area contributed by atoms with Crippen molar-refractivity contribution in [3.05, 3.63) is 41.7 Å². The summed E-state index contributed by atoms with van der Waals surface area (Å²) in [7, 11) is 1.60. The van der Waals surface area contributed by atoms with Crippen LogP contribution in [-0.4, -0.2) is 7.11 Å². The molecule has 2 heteroatoms. The lowest BCUT2D eigenvalue weighted by Gasteiger charge is -2.02. The number of nitriles is 1. The summed E-state index contributed by atoms with van der Waals surface area (Å²) < 4.78 is 4.89. The predicted octanol–water partition coefficient (Wildman–Crippen LogP) is 2.57. The van der Waals surface area contributed by atoms with Crippen molar-refractivity contribution in [1.82, 2.24) is 0 Å². The quantitative estimate of drug-likeness (QED) is 0.644. The molecule has 0 bridgehead atoms. The zero-order chi connectivity index (χ0) is 9.68. The van der Waals surface area contributed by atoms with Crippen molar-refractivity contribution in [3.63, 3.8) is 0 Å². The molecule has 0 radical (unpaired) electrons. The lowest BCUT2D eigenvalue weighted by molar-refractivity contribution is 0.339. The van der Waals surface area contributed by atoms with Crippen LogP contribution in [0.15, 0.2) is 30.5 Å². The van der Waals surface area contributed by atoms with E-state index in [-0.39, 0.29) is 0 Å². The van der Waals surface area contributed by atoms with E-state index in [0.29, 0.717) is 5.56 Å². The summed E-state index contributed by atoms with van der Waals surface area (Å²) in [6.07, 6.45) is 1.64. The second kappa shape index (κ2) is 4.32. The Hall–Kier alpha value is -1.75. The van der Waals surface area contributed by atoms with E-state index in [0.717, 1.165) is 11.1 Å². The Morgan fingerprint density at radius 1 is 1.46 bits per heavy atom. The van der Waals surface area contributed by atoms with Crippen LogP contribution in [-0.2, 0) is 4.74 Å². The van der Waals surface area contributed by atoms with Crippen molar-refractivity contribution in [2.45, 2.75) is 6.92 Å². The molecule has 0 aliphatic carbocycles. The van der Waals surface area contributed by atoms with E-state index in [4.69, 9.17) is 10.00 Å². The molecule has 0 spiro atoms. The van der Waals surface area contributed by atoms with Gasteiger partial charge in [-0.15, -0.1) is 0 Å². The van der Waals surface area contributed by atoms with E-state index >= 15 is 0 Å². The van der Waals surface area contributed by atoms with E-state index in [1.165, 1.54) is 0 Å². The van der Waals surface area contributed by atoms with Gasteiger partial charge >= 0.3 is 0 Å². The fourth-order valence-electron chi connectivity index (χ4n) is 1.16. The van der Waals surface area contributed by atoms with E-state index in [9.17, 15) is 0 Å². The maximum absolute atomic E-state index is 8.82. The molecular formula is C11H11NO. The number of methoxy groups -OCH3 is 1. The number of hydrogen-bond acceptors (Lipinski definition) is 2. The summed E-state index contributed by atoms with van der Waals surface area (Å²) in [6.45, 7) is 1.92. The molecule has 0 aliphatic heterocycles. The minimum atomic E-state index is 0.674. The summed E-state index contributed by atoms with van der Waals surface area (Å²) in [5, 5.41) is 8.82. The van der Waals surface area contributed by atoms with Gasteiger partial charge in [-0.05, 0) is 24.1 Å². The van der Waals surface area contributed by atoms with Gasteiger partial charge in [0.1, 0.15) is 0 Å². The highest BCUT2D eigenvalue weighted by atomic mass is 16.5. The lowest BCUT2D eigenvalue weighted by Crippen LogP contribution is -1.86. The first kappa shape index (κ1) is 9.34. The highest BCUT2D eigenvalue weighted by Crippen LogP contribution is 2.17. The van der Waals surface area contributed by atoms with Crippen LogP contribution in [0, 0.1) is 11.3 Å². The molecule has 0 amide bonds. The maximum atomic E-state index is 8.82. The van der Waals surface area contributed by atoms with Gasteiger partial charge in [0, 0.05) is 0 Å². The molecular weight excluding hydrogens is 162 g/mol. The largest absolute Gasteiger partial charge is 0.504 e. The third kappa shape index (κ3) is 2.09. The van der Waals surface area contributed by atoms with Gasteiger partial charge in [-0.25, -0.2) is 0 Å². The molecule has 0 saturated heterocycles. The van der Waals surface area contributed by atoms with E-state index in [2.05, 4.69) is 6.07 Å². The van der Waals surface area contributed by atoms with Gasteiger partial charge in [0.15, 0.2) is 0 Å². The normalized spacial score (nSPS) is 10.7. The van der Waals surface area contributed by atoms with Gasteiger partial charge in [-0.2, -0.15) is 5.26 Å². The standard InChI is InChI=1S/C11H11NO/c1-9(8-13-2)11-6-4-3-5-10(11)7-12/h3-6,8H,1-2H3/b9-8+. The predicted molar refractivity (Wildman–Crippen MR) is 51.8 cm³/mol. The highest BCUT2D eigenvalue weighted by Gasteiger charge is 2.01. The lowest BCUT2D eigenvalue weighted by atomic mass is 10.0. The van der Waals surface area contributed by atoms with E-state index < -0.39 is 0 Å². The molecule has 0 aliphatic rings. The first-order valence-corrected chi connectivity index (χ1v) is 3.98. The number of nitrogens with zero attached hydrogens (tertiary/aromatic N) is 1. The molecule has 0 N–H and O–H groups in total. The summed E-state index contributed by atoms with van der Waals surface area (Å²) in [5.41, 5.74) is 2.56. The molecule has 1 aromatic rings. The van der Waals surface area contributed by atoms with Crippen molar-refractivity contribution >= 4 is 5.57 Å². The van der Waals surface area contributed by atoms with Crippen LogP contribution in [0.2, 0.25) is 0 Å². The molecule has 1 rings (SSSR count). The molecule has 0 fully saturated rings. The highest BCUT2D eigenvalue weighted by molar-refractivity contribution is 5.68. The van der Waals surface area contributed by atoms with E-state index in [1.54, 1.807) is 19.4 Å². The molecule has 1 aromatic carbocycles. The van der Waals surface area contributed by atoms with Crippen molar-refractivity contribution in [2.75, 3.05) is 7.11 Å². The Morgan fingerprint density at radius 3 is 2.77 bits per heavy atom. The minimum absolute atomic E-state index is 0.674. The first-order valence-electron chi connectivity index (χ1n) is 3.98. The molecule has 0 unspecified atom stereocenters. The molecule has 2 nitrogen and oxygen atoms in total. The number of hydrogen-bond donors (Lipinski definition) is 0. The number of benzene rings is 1. The zero-order valence-electron chi connectivity index (χ0n) is 7.74. The Morgan fingerprint density at radius 2 is 2.15 bits per heavy atom. The van der Waals surface area contributed by atoms with E-state index in [1.807, 2.05) is 25.1 Å². The molecule has 0 saturated carbocycles. The number of ether oxygens (including phenoxy) is 1. The first-order chi connectivity index (χ1) is 6.29. The third-order valence-corrected chi connectivity index (χ3v) is 1.77. The Balaban J connectivity index is 3.15. The average Bonchev–Trinajstić information content (AvgIpc) is 2.18. The summed E-state index contributed by atoms with van der Waals surface area (Å²) in [4.78, 5) is 0. The third-order valence-electron chi connectivity index (χ3n) is 1.77. The van der Waals surface area contributed by atoms with Crippen LogP contribution < -0.4 is 0 Å².